The SMILES string of the molecule is CC(C)(C(=O)NCc1cc(Cl)c(C2CCC(=O)NC2=O)c(Cl)c1)c1cc(C2CC2)on1. The zero-order chi connectivity index (χ0) is 22.3. The number of nitrogens with zero attached hydrogens (tertiary/aromatic N) is 1. The first kappa shape index (κ1) is 21.8. The number of amides is 3. The van der Waals surface area contributed by atoms with Crippen LogP contribution in [0.15, 0.2) is 22.7 Å². The number of piperidine rings is 1. The molecule has 4 rings (SSSR count). The maximum atomic E-state index is 12.8. The van der Waals surface area contributed by atoms with Gasteiger partial charge in [0.15, 0.2) is 0 Å². The largest absolute Gasteiger partial charge is 0.361 e. The quantitative estimate of drug-likeness (QED) is 0.630. The lowest BCUT2D eigenvalue weighted by atomic mass is 9.87. The molecule has 7 nitrogen and oxygen atoms in total. The molecule has 2 fully saturated rings. The number of imide groups is 1. The Kier molecular flexibility index (Phi) is 5.83. The summed E-state index contributed by atoms with van der Waals surface area (Å²) in [6.07, 6.45) is 2.78. The highest BCUT2D eigenvalue weighted by Gasteiger charge is 2.36. The molecule has 0 bridgehead atoms. The van der Waals surface area contributed by atoms with Crippen molar-refractivity contribution < 1.29 is 18.9 Å². The first-order valence-electron chi connectivity index (χ1n) is 10.2. The van der Waals surface area contributed by atoms with Gasteiger partial charge in [-0.15, -0.1) is 0 Å². The molecule has 1 aliphatic carbocycles. The molecule has 2 N–H and O–H groups in total. The molecule has 9 heteroatoms. The Morgan fingerprint density at radius 2 is 1.87 bits per heavy atom. The van der Waals surface area contributed by atoms with Crippen molar-refractivity contribution in [1.29, 1.82) is 0 Å². The summed E-state index contributed by atoms with van der Waals surface area (Å²) in [6.45, 7) is 3.80. The maximum Gasteiger partial charge on any atom is 0.234 e. The molecular formula is C22H23Cl2N3O4. The highest BCUT2D eigenvalue weighted by Crippen LogP contribution is 2.41. The summed E-state index contributed by atoms with van der Waals surface area (Å²) in [5, 5.41) is 9.96. The zero-order valence-electron chi connectivity index (χ0n) is 17.3. The van der Waals surface area contributed by atoms with Crippen molar-refractivity contribution in [3.05, 3.63) is 50.8 Å². The molecule has 2 aliphatic rings. The lowest BCUT2D eigenvalue weighted by Gasteiger charge is -2.24. The predicted octanol–water partition coefficient (Wildman–Crippen LogP) is 3.97. The third kappa shape index (κ3) is 4.48. The Morgan fingerprint density at radius 3 is 2.48 bits per heavy atom. The first-order valence-corrected chi connectivity index (χ1v) is 11.0. The van der Waals surface area contributed by atoms with E-state index in [0.717, 1.165) is 18.6 Å². The van der Waals surface area contributed by atoms with Crippen LogP contribution in [0.25, 0.3) is 0 Å². The summed E-state index contributed by atoms with van der Waals surface area (Å²) in [4.78, 5) is 36.4. The van der Waals surface area contributed by atoms with E-state index in [2.05, 4.69) is 15.8 Å². The molecule has 164 valence electrons. The van der Waals surface area contributed by atoms with Crippen molar-refractivity contribution in [3.63, 3.8) is 0 Å². The van der Waals surface area contributed by atoms with Gasteiger partial charge in [0.2, 0.25) is 17.7 Å². The Hall–Kier alpha value is -2.38. The van der Waals surface area contributed by atoms with E-state index in [-0.39, 0.29) is 24.8 Å². The topological polar surface area (TPSA) is 101 Å². The number of hydrogen-bond donors (Lipinski definition) is 2. The minimum absolute atomic E-state index is 0.204. The molecule has 3 amide bonds. The number of carbonyl (C=O) groups is 3. The van der Waals surface area contributed by atoms with Crippen molar-refractivity contribution in [3.8, 4) is 0 Å². The molecule has 1 aliphatic heterocycles. The molecule has 0 radical (unpaired) electrons. The normalized spacial score (nSPS) is 19.3. The van der Waals surface area contributed by atoms with Crippen LogP contribution < -0.4 is 10.6 Å². The van der Waals surface area contributed by atoms with Gasteiger partial charge in [-0.1, -0.05) is 28.4 Å². The van der Waals surface area contributed by atoms with Crippen molar-refractivity contribution in [1.82, 2.24) is 15.8 Å². The fraction of sp³-hybridized carbons (Fsp3) is 0.455. The zero-order valence-corrected chi connectivity index (χ0v) is 18.8. The number of carbonyl (C=O) groups excluding carboxylic acids is 3. The molecule has 31 heavy (non-hydrogen) atoms. The summed E-state index contributed by atoms with van der Waals surface area (Å²) < 4.78 is 5.39. The maximum absolute atomic E-state index is 12.8. The van der Waals surface area contributed by atoms with E-state index < -0.39 is 17.2 Å². The highest BCUT2D eigenvalue weighted by atomic mass is 35.5. The van der Waals surface area contributed by atoms with Crippen LogP contribution in [0.1, 0.15) is 73.9 Å². The number of benzene rings is 1. The summed E-state index contributed by atoms with van der Waals surface area (Å²) in [6, 6.07) is 5.22. The van der Waals surface area contributed by atoms with Gasteiger partial charge in [-0.3, -0.25) is 19.7 Å². The lowest BCUT2D eigenvalue weighted by molar-refractivity contribution is -0.134. The van der Waals surface area contributed by atoms with E-state index in [0.29, 0.717) is 39.2 Å². The monoisotopic (exact) mass is 463 g/mol. The molecule has 1 atom stereocenters. The minimum atomic E-state index is -0.864. The molecule has 1 saturated carbocycles. The van der Waals surface area contributed by atoms with Crippen LogP contribution in [-0.4, -0.2) is 22.9 Å². The van der Waals surface area contributed by atoms with Gasteiger partial charge in [-0.25, -0.2) is 0 Å². The second-order valence-electron chi connectivity index (χ2n) is 8.67. The van der Waals surface area contributed by atoms with Crippen molar-refractivity contribution >= 4 is 40.9 Å². The Bertz CT molecular complexity index is 1040. The predicted molar refractivity (Wildman–Crippen MR) is 115 cm³/mol. The molecule has 2 aromatic rings. The summed E-state index contributed by atoms with van der Waals surface area (Å²) in [5.74, 6) is -0.226. The van der Waals surface area contributed by atoms with Gasteiger partial charge >= 0.3 is 0 Å². The standard InChI is InChI=1S/C22H23Cl2N3O4/c1-22(2,17-9-16(31-27-17)12-3-4-12)21(30)25-10-11-7-14(23)19(15(24)8-11)13-5-6-18(28)26-20(13)29/h7-9,12-13H,3-6,10H2,1-2H3,(H,25,30)(H,26,28,29). The highest BCUT2D eigenvalue weighted by molar-refractivity contribution is 6.36. The molecule has 1 saturated heterocycles. The number of nitrogens with one attached hydrogen (secondary N) is 2. The third-order valence-electron chi connectivity index (χ3n) is 5.90. The van der Waals surface area contributed by atoms with Gasteiger partial charge in [0.05, 0.1) is 17.0 Å². The van der Waals surface area contributed by atoms with E-state index in [1.807, 2.05) is 6.07 Å². The van der Waals surface area contributed by atoms with Crippen LogP contribution in [0.2, 0.25) is 10.0 Å². The molecule has 0 spiro atoms. The molecule has 1 aromatic heterocycles. The van der Waals surface area contributed by atoms with E-state index in [1.54, 1.807) is 26.0 Å². The van der Waals surface area contributed by atoms with Crippen molar-refractivity contribution in [2.24, 2.45) is 0 Å². The number of rotatable bonds is 6. The third-order valence-corrected chi connectivity index (χ3v) is 6.52. The van der Waals surface area contributed by atoms with Crippen molar-refractivity contribution in [2.75, 3.05) is 0 Å². The average molecular weight is 464 g/mol. The van der Waals surface area contributed by atoms with E-state index in [4.69, 9.17) is 27.7 Å². The Balaban J connectivity index is 1.45. The van der Waals surface area contributed by atoms with Gasteiger partial charge in [-0.05, 0) is 50.8 Å². The van der Waals surface area contributed by atoms with Gasteiger partial charge in [0, 0.05) is 40.6 Å². The van der Waals surface area contributed by atoms with Crippen LogP contribution in [0.4, 0.5) is 0 Å². The van der Waals surface area contributed by atoms with Gasteiger partial charge in [-0.2, -0.15) is 0 Å². The summed E-state index contributed by atoms with van der Waals surface area (Å²) >= 11 is 12.8. The number of hydrogen-bond acceptors (Lipinski definition) is 5. The smallest absolute Gasteiger partial charge is 0.234 e. The van der Waals surface area contributed by atoms with Crippen LogP contribution in [-0.2, 0) is 26.3 Å². The molecule has 1 aromatic carbocycles. The summed E-state index contributed by atoms with van der Waals surface area (Å²) in [7, 11) is 0. The fourth-order valence-corrected chi connectivity index (χ4v) is 4.50. The summed E-state index contributed by atoms with van der Waals surface area (Å²) in [5.41, 5.74) is 0.931. The second-order valence-corrected chi connectivity index (χ2v) is 9.49. The van der Waals surface area contributed by atoms with Crippen LogP contribution in [0.5, 0.6) is 0 Å². The Labute approximate surface area is 189 Å². The van der Waals surface area contributed by atoms with Crippen LogP contribution in [0.3, 0.4) is 0 Å². The van der Waals surface area contributed by atoms with Gasteiger partial charge in [0.1, 0.15) is 5.76 Å². The lowest BCUT2D eigenvalue weighted by Crippen LogP contribution is -2.40. The van der Waals surface area contributed by atoms with Crippen LogP contribution >= 0.6 is 23.2 Å². The average Bonchev–Trinajstić information content (AvgIpc) is 3.43. The number of aromatic nitrogens is 1. The van der Waals surface area contributed by atoms with E-state index in [9.17, 15) is 14.4 Å². The van der Waals surface area contributed by atoms with Gasteiger partial charge < -0.3 is 9.84 Å². The van der Waals surface area contributed by atoms with E-state index in [1.165, 1.54) is 0 Å². The molecule has 2 heterocycles. The number of halogens is 2. The van der Waals surface area contributed by atoms with Crippen molar-refractivity contribution in [2.45, 2.75) is 63.3 Å². The van der Waals surface area contributed by atoms with Crippen LogP contribution in [0, 0.1) is 0 Å². The Morgan fingerprint density at radius 1 is 1.19 bits per heavy atom. The van der Waals surface area contributed by atoms with Gasteiger partial charge in [0.25, 0.3) is 0 Å². The molecule has 1 unspecified atom stereocenters. The van der Waals surface area contributed by atoms with E-state index >= 15 is 0 Å². The molecular weight excluding hydrogens is 441 g/mol. The fourth-order valence-electron chi connectivity index (χ4n) is 3.70. The minimum Gasteiger partial charge on any atom is -0.361 e. The first-order chi connectivity index (χ1) is 14.7. The second kappa shape index (κ2) is 8.28.